The first-order chi connectivity index (χ1) is 13.7. The SMILES string of the molecule is O=C(Nc1cccc([N+](=O)[O-])c1)C1CCN(S(=O)(=O)c2cc(Cl)ccc2Cl)CC1. The van der Waals surface area contributed by atoms with Gasteiger partial charge in [-0.1, -0.05) is 29.3 Å². The number of sulfonamides is 1. The number of hydrogen-bond acceptors (Lipinski definition) is 5. The first-order valence-electron chi connectivity index (χ1n) is 8.69. The van der Waals surface area contributed by atoms with Gasteiger partial charge in [-0.25, -0.2) is 8.42 Å². The van der Waals surface area contributed by atoms with Gasteiger partial charge in [0, 0.05) is 41.9 Å². The van der Waals surface area contributed by atoms with Crippen molar-refractivity contribution in [1.29, 1.82) is 0 Å². The Morgan fingerprint density at radius 1 is 1.14 bits per heavy atom. The summed E-state index contributed by atoms with van der Waals surface area (Å²) in [6.07, 6.45) is 0.635. The second-order valence-electron chi connectivity index (χ2n) is 6.55. The lowest BCUT2D eigenvalue weighted by atomic mass is 9.97. The van der Waals surface area contributed by atoms with Crippen LogP contribution >= 0.6 is 23.2 Å². The van der Waals surface area contributed by atoms with E-state index < -0.39 is 20.9 Å². The summed E-state index contributed by atoms with van der Waals surface area (Å²) >= 11 is 11.9. The molecule has 0 unspecified atom stereocenters. The summed E-state index contributed by atoms with van der Waals surface area (Å²) in [5.41, 5.74) is 0.201. The lowest BCUT2D eigenvalue weighted by molar-refractivity contribution is -0.384. The van der Waals surface area contributed by atoms with Crippen molar-refractivity contribution in [3.05, 3.63) is 62.6 Å². The minimum Gasteiger partial charge on any atom is -0.326 e. The topological polar surface area (TPSA) is 110 Å². The molecule has 1 amide bonds. The lowest BCUT2D eigenvalue weighted by Crippen LogP contribution is -2.41. The van der Waals surface area contributed by atoms with E-state index in [0.717, 1.165) is 0 Å². The maximum absolute atomic E-state index is 12.8. The molecule has 1 aliphatic heterocycles. The van der Waals surface area contributed by atoms with Crippen LogP contribution in [0.3, 0.4) is 0 Å². The average Bonchev–Trinajstić information content (AvgIpc) is 2.70. The fourth-order valence-electron chi connectivity index (χ4n) is 3.11. The number of halogens is 2. The smallest absolute Gasteiger partial charge is 0.271 e. The standard InChI is InChI=1S/C18H17Cl2N3O5S/c19-13-4-5-16(20)17(10-13)29(27,28)22-8-6-12(7-9-22)18(24)21-14-2-1-3-15(11-14)23(25)26/h1-5,10-12H,6-9H2,(H,21,24). The minimum atomic E-state index is -3.83. The van der Waals surface area contributed by atoms with Gasteiger partial charge >= 0.3 is 0 Å². The highest BCUT2D eigenvalue weighted by Crippen LogP contribution is 2.30. The Balaban J connectivity index is 1.65. The molecule has 29 heavy (non-hydrogen) atoms. The molecule has 8 nitrogen and oxygen atoms in total. The van der Waals surface area contributed by atoms with Crippen molar-refractivity contribution >= 4 is 50.5 Å². The van der Waals surface area contributed by atoms with E-state index in [1.165, 1.54) is 40.7 Å². The van der Waals surface area contributed by atoms with E-state index in [9.17, 15) is 23.3 Å². The van der Waals surface area contributed by atoms with Gasteiger partial charge in [-0.05, 0) is 37.1 Å². The molecule has 1 fully saturated rings. The lowest BCUT2D eigenvalue weighted by Gasteiger charge is -2.30. The van der Waals surface area contributed by atoms with Crippen LogP contribution in [0.15, 0.2) is 47.4 Å². The summed E-state index contributed by atoms with van der Waals surface area (Å²) in [7, 11) is -3.83. The van der Waals surface area contributed by atoms with Gasteiger partial charge < -0.3 is 5.32 Å². The quantitative estimate of drug-likeness (QED) is 0.539. The molecule has 1 heterocycles. The van der Waals surface area contributed by atoms with Crippen molar-refractivity contribution in [1.82, 2.24) is 4.31 Å². The number of hydrogen-bond donors (Lipinski definition) is 1. The molecule has 0 radical (unpaired) electrons. The van der Waals surface area contributed by atoms with Crippen molar-refractivity contribution in [2.45, 2.75) is 17.7 Å². The van der Waals surface area contributed by atoms with E-state index in [2.05, 4.69) is 5.32 Å². The Morgan fingerprint density at radius 2 is 1.83 bits per heavy atom. The van der Waals surface area contributed by atoms with E-state index in [0.29, 0.717) is 18.5 Å². The molecule has 0 bridgehead atoms. The number of carbonyl (C=O) groups excluding carboxylic acids is 1. The van der Waals surface area contributed by atoms with E-state index in [-0.39, 0.29) is 39.6 Å². The van der Waals surface area contributed by atoms with Gasteiger partial charge in [0.2, 0.25) is 15.9 Å². The molecular formula is C18H17Cl2N3O5S. The predicted octanol–water partition coefficient (Wildman–Crippen LogP) is 3.94. The Hall–Kier alpha value is -2.20. The highest BCUT2D eigenvalue weighted by molar-refractivity contribution is 7.89. The Bertz CT molecular complexity index is 1050. The van der Waals surface area contributed by atoms with Crippen LogP contribution in [0.1, 0.15) is 12.8 Å². The maximum Gasteiger partial charge on any atom is 0.271 e. The van der Waals surface area contributed by atoms with Crippen LogP contribution < -0.4 is 5.32 Å². The Kier molecular flexibility index (Phi) is 6.42. The molecule has 2 aromatic rings. The van der Waals surface area contributed by atoms with Crippen LogP contribution in [0, 0.1) is 16.0 Å². The second-order valence-corrected chi connectivity index (χ2v) is 9.30. The van der Waals surface area contributed by atoms with E-state index >= 15 is 0 Å². The summed E-state index contributed by atoms with van der Waals surface area (Å²) in [5.74, 6) is -0.709. The number of nitrogens with one attached hydrogen (secondary N) is 1. The number of piperidine rings is 1. The molecule has 0 saturated carbocycles. The highest BCUT2D eigenvalue weighted by atomic mass is 35.5. The normalized spacial score (nSPS) is 15.8. The van der Waals surface area contributed by atoms with Crippen molar-refractivity contribution < 1.29 is 18.1 Å². The van der Waals surface area contributed by atoms with Gasteiger partial charge in [0.1, 0.15) is 4.90 Å². The van der Waals surface area contributed by atoms with Crippen molar-refractivity contribution in [3.8, 4) is 0 Å². The zero-order chi connectivity index (χ0) is 21.2. The molecule has 1 N–H and O–H groups in total. The summed E-state index contributed by atoms with van der Waals surface area (Å²) in [6.45, 7) is 0.302. The van der Waals surface area contributed by atoms with Gasteiger partial charge in [0.25, 0.3) is 5.69 Å². The zero-order valence-electron chi connectivity index (χ0n) is 15.0. The molecule has 2 aromatic carbocycles. The molecule has 154 valence electrons. The third kappa shape index (κ3) is 4.87. The molecule has 0 atom stereocenters. The maximum atomic E-state index is 12.8. The van der Waals surface area contributed by atoms with Crippen LogP contribution in [0.2, 0.25) is 10.0 Å². The zero-order valence-corrected chi connectivity index (χ0v) is 17.4. The first kappa shape index (κ1) is 21.5. The largest absolute Gasteiger partial charge is 0.326 e. The summed E-state index contributed by atoms with van der Waals surface area (Å²) in [5, 5.41) is 13.9. The number of rotatable bonds is 5. The van der Waals surface area contributed by atoms with Gasteiger partial charge in [0.05, 0.1) is 9.95 Å². The Labute approximate surface area is 177 Å². The molecule has 1 saturated heterocycles. The second kappa shape index (κ2) is 8.66. The number of carbonyl (C=O) groups is 1. The van der Waals surface area contributed by atoms with Crippen LogP contribution in [0.4, 0.5) is 11.4 Å². The van der Waals surface area contributed by atoms with Crippen molar-refractivity contribution in [2.75, 3.05) is 18.4 Å². The number of nitro groups is 1. The fourth-order valence-corrected chi connectivity index (χ4v) is 5.32. The molecular weight excluding hydrogens is 441 g/mol. The van der Waals surface area contributed by atoms with Crippen LogP contribution in [-0.2, 0) is 14.8 Å². The van der Waals surface area contributed by atoms with E-state index in [4.69, 9.17) is 23.2 Å². The number of anilines is 1. The van der Waals surface area contributed by atoms with E-state index in [1.807, 2.05) is 0 Å². The third-order valence-corrected chi connectivity index (χ3v) is 7.28. The molecule has 1 aliphatic rings. The number of non-ortho nitro benzene ring substituents is 1. The van der Waals surface area contributed by atoms with Crippen LogP contribution in [0.25, 0.3) is 0 Å². The number of nitrogens with zero attached hydrogens (tertiary/aromatic N) is 2. The number of benzene rings is 2. The molecule has 3 rings (SSSR count). The fraction of sp³-hybridized carbons (Fsp3) is 0.278. The van der Waals surface area contributed by atoms with Gasteiger partial charge in [-0.15, -0.1) is 0 Å². The van der Waals surface area contributed by atoms with Gasteiger partial charge in [-0.3, -0.25) is 14.9 Å². The summed E-state index contributed by atoms with van der Waals surface area (Å²) < 4.78 is 27.0. The molecule has 0 aliphatic carbocycles. The summed E-state index contributed by atoms with van der Waals surface area (Å²) in [4.78, 5) is 22.7. The van der Waals surface area contributed by atoms with Crippen molar-refractivity contribution in [2.24, 2.45) is 5.92 Å². The monoisotopic (exact) mass is 457 g/mol. The highest BCUT2D eigenvalue weighted by Gasteiger charge is 2.33. The van der Waals surface area contributed by atoms with Crippen LogP contribution in [0.5, 0.6) is 0 Å². The van der Waals surface area contributed by atoms with Gasteiger partial charge in [0.15, 0.2) is 0 Å². The summed E-state index contributed by atoms with van der Waals surface area (Å²) in [6, 6.07) is 9.89. The van der Waals surface area contributed by atoms with E-state index in [1.54, 1.807) is 6.07 Å². The molecule has 0 spiro atoms. The minimum absolute atomic E-state index is 0.0637. The molecule has 11 heteroatoms. The Morgan fingerprint density at radius 3 is 2.48 bits per heavy atom. The first-order valence-corrected chi connectivity index (χ1v) is 10.9. The van der Waals surface area contributed by atoms with Crippen molar-refractivity contribution in [3.63, 3.8) is 0 Å². The third-order valence-electron chi connectivity index (χ3n) is 4.66. The number of nitro benzene ring substituents is 1. The average molecular weight is 458 g/mol. The van der Waals surface area contributed by atoms with Gasteiger partial charge in [-0.2, -0.15) is 4.31 Å². The molecule has 0 aromatic heterocycles. The van der Waals surface area contributed by atoms with Crippen LogP contribution in [-0.4, -0.2) is 36.6 Å². The number of amides is 1. The predicted molar refractivity (Wildman–Crippen MR) is 110 cm³/mol.